The van der Waals surface area contributed by atoms with Crippen molar-refractivity contribution < 1.29 is 17.9 Å². The lowest BCUT2D eigenvalue weighted by Gasteiger charge is -2.32. The molecule has 0 radical (unpaired) electrons. The summed E-state index contributed by atoms with van der Waals surface area (Å²) < 4.78 is 32.3. The Bertz CT molecular complexity index is 679. The minimum Gasteiger partial charge on any atom is -0.462 e. The number of nitrogens with zero attached hydrogens (tertiary/aromatic N) is 1. The molecule has 1 aliphatic rings. The van der Waals surface area contributed by atoms with Gasteiger partial charge in [0.15, 0.2) is 0 Å². The molecule has 1 heterocycles. The highest BCUT2D eigenvalue weighted by Crippen LogP contribution is 2.24. The van der Waals surface area contributed by atoms with Gasteiger partial charge in [-0.25, -0.2) is 13.2 Å². The molecule has 0 spiro atoms. The van der Waals surface area contributed by atoms with Crippen LogP contribution in [0.1, 0.15) is 35.7 Å². The number of halogens is 1. The molecule has 1 N–H and O–H groups in total. The second kappa shape index (κ2) is 8.80. The van der Waals surface area contributed by atoms with Crippen molar-refractivity contribution in [1.29, 1.82) is 0 Å². The quantitative estimate of drug-likeness (QED) is 0.795. The molecule has 0 aromatic heterocycles. The van der Waals surface area contributed by atoms with E-state index in [1.54, 1.807) is 26.0 Å². The number of carbonyl (C=O) groups excluding carboxylic acids is 1. The highest BCUT2D eigenvalue weighted by atomic mass is 35.5. The molecule has 0 aliphatic carbocycles. The van der Waals surface area contributed by atoms with Gasteiger partial charge in [-0.15, -0.1) is 12.4 Å². The largest absolute Gasteiger partial charge is 0.462 e. The van der Waals surface area contributed by atoms with Crippen LogP contribution in [0, 0.1) is 6.92 Å². The highest BCUT2D eigenvalue weighted by molar-refractivity contribution is 7.89. The van der Waals surface area contributed by atoms with Crippen molar-refractivity contribution in [2.45, 2.75) is 37.6 Å². The van der Waals surface area contributed by atoms with Crippen molar-refractivity contribution in [3.63, 3.8) is 0 Å². The maximum absolute atomic E-state index is 12.9. The summed E-state index contributed by atoms with van der Waals surface area (Å²) in [7, 11) is -1.78. The van der Waals surface area contributed by atoms with E-state index in [1.807, 2.05) is 7.05 Å². The van der Waals surface area contributed by atoms with E-state index in [1.165, 1.54) is 10.4 Å². The fourth-order valence-corrected chi connectivity index (χ4v) is 4.53. The van der Waals surface area contributed by atoms with Crippen LogP contribution in [0.5, 0.6) is 0 Å². The van der Waals surface area contributed by atoms with Gasteiger partial charge in [-0.3, -0.25) is 0 Å². The van der Waals surface area contributed by atoms with Crippen LogP contribution in [-0.4, -0.2) is 51.5 Å². The van der Waals surface area contributed by atoms with Gasteiger partial charge in [0, 0.05) is 19.1 Å². The molecule has 2 rings (SSSR count). The first kappa shape index (κ1) is 20.9. The van der Waals surface area contributed by atoms with E-state index in [2.05, 4.69) is 5.32 Å². The van der Waals surface area contributed by atoms with Crippen LogP contribution in [0.2, 0.25) is 0 Å². The number of piperidine rings is 1. The number of hydrogen-bond acceptors (Lipinski definition) is 5. The molecule has 1 aliphatic heterocycles. The van der Waals surface area contributed by atoms with Crippen molar-refractivity contribution in [3.8, 4) is 0 Å². The van der Waals surface area contributed by atoms with E-state index in [4.69, 9.17) is 4.74 Å². The Balaban J connectivity index is 0.00000288. The number of nitrogens with one attached hydrogen (secondary N) is 1. The van der Waals surface area contributed by atoms with Crippen molar-refractivity contribution in [1.82, 2.24) is 9.62 Å². The molecule has 24 heavy (non-hydrogen) atoms. The maximum Gasteiger partial charge on any atom is 0.338 e. The Morgan fingerprint density at radius 1 is 1.42 bits per heavy atom. The van der Waals surface area contributed by atoms with E-state index in [-0.39, 0.29) is 35.5 Å². The average molecular weight is 377 g/mol. The molecule has 1 fully saturated rings. The van der Waals surface area contributed by atoms with E-state index in [0.717, 1.165) is 12.8 Å². The second-order valence-electron chi connectivity index (χ2n) is 5.69. The highest BCUT2D eigenvalue weighted by Gasteiger charge is 2.31. The molecule has 1 atom stereocenters. The zero-order valence-corrected chi connectivity index (χ0v) is 15.9. The third kappa shape index (κ3) is 4.47. The first-order chi connectivity index (χ1) is 10.9. The Morgan fingerprint density at radius 2 is 2.12 bits per heavy atom. The van der Waals surface area contributed by atoms with Crippen LogP contribution >= 0.6 is 12.4 Å². The van der Waals surface area contributed by atoms with Gasteiger partial charge in [0.05, 0.1) is 17.1 Å². The van der Waals surface area contributed by atoms with Crippen molar-refractivity contribution in [2.75, 3.05) is 26.7 Å². The monoisotopic (exact) mass is 376 g/mol. The maximum atomic E-state index is 12.9. The van der Waals surface area contributed by atoms with Crippen LogP contribution in [0.15, 0.2) is 23.1 Å². The van der Waals surface area contributed by atoms with Gasteiger partial charge < -0.3 is 10.1 Å². The Labute approximate surface area is 150 Å². The van der Waals surface area contributed by atoms with Crippen LogP contribution in [-0.2, 0) is 14.8 Å². The predicted octanol–water partition coefficient (Wildman–Crippen LogP) is 1.97. The van der Waals surface area contributed by atoms with Crippen molar-refractivity contribution >= 4 is 28.4 Å². The van der Waals surface area contributed by atoms with E-state index in [0.29, 0.717) is 18.7 Å². The SMILES string of the molecule is CCOC(=O)c1ccc(C)c(S(=O)(=O)N2CCCC(NC)C2)c1.Cl. The van der Waals surface area contributed by atoms with Crippen molar-refractivity contribution in [3.05, 3.63) is 29.3 Å². The van der Waals surface area contributed by atoms with E-state index >= 15 is 0 Å². The molecular formula is C16H25ClN2O4S. The molecule has 1 unspecified atom stereocenters. The van der Waals surface area contributed by atoms with Crippen LogP contribution in [0.3, 0.4) is 0 Å². The Hall–Kier alpha value is -1.15. The fourth-order valence-electron chi connectivity index (χ4n) is 2.75. The molecule has 0 amide bonds. The first-order valence-corrected chi connectivity index (χ1v) is 9.29. The van der Waals surface area contributed by atoms with Gasteiger partial charge in [0.2, 0.25) is 10.0 Å². The summed E-state index contributed by atoms with van der Waals surface area (Å²) in [4.78, 5) is 12.0. The molecule has 1 aromatic rings. The topological polar surface area (TPSA) is 75.7 Å². The number of sulfonamides is 1. The smallest absolute Gasteiger partial charge is 0.338 e. The summed E-state index contributed by atoms with van der Waals surface area (Å²) in [6, 6.07) is 4.83. The average Bonchev–Trinajstić information content (AvgIpc) is 2.55. The van der Waals surface area contributed by atoms with Gasteiger partial charge >= 0.3 is 5.97 Å². The number of ether oxygens (including phenoxy) is 1. The minimum absolute atomic E-state index is 0. The summed E-state index contributed by atoms with van der Waals surface area (Å²) in [5.41, 5.74) is 0.892. The molecule has 0 saturated carbocycles. The number of aryl methyl sites for hydroxylation is 1. The van der Waals surface area contributed by atoms with Crippen LogP contribution in [0.25, 0.3) is 0 Å². The number of carbonyl (C=O) groups is 1. The van der Waals surface area contributed by atoms with Crippen molar-refractivity contribution in [2.24, 2.45) is 0 Å². The van der Waals surface area contributed by atoms with Gasteiger partial charge in [-0.1, -0.05) is 6.07 Å². The predicted molar refractivity (Wildman–Crippen MR) is 95.2 cm³/mol. The molecule has 1 saturated heterocycles. The van der Waals surface area contributed by atoms with Gasteiger partial charge in [0.25, 0.3) is 0 Å². The Kier molecular flexibility index (Phi) is 7.66. The molecule has 0 bridgehead atoms. The van der Waals surface area contributed by atoms with Gasteiger partial charge in [-0.05, 0) is 51.4 Å². The molecule has 1 aromatic carbocycles. The summed E-state index contributed by atoms with van der Waals surface area (Å²) in [6.07, 6.45) is 1.78. The minimum atomic E-state index is -3.62. The lowest BCUT2D eigenvalue weighted by Crippen LogP contribution is -2.47. The summed E-state index contributed by atoms with van der Waals surface area (Å²) >= 11 is 0. The first-order valence-electron chi connectivity index (χ1n) is 7.85. The number of hydrogen-bond donors (Lipinski definition) is 1. The Morgan fingerprint density at radius 3 is 2.75 bits per heavy atom. The zero-order valence-electron chi connectivity index (χ0n) is 14.2. The lowest BCUT2D eigenvalue weighted by atomic mass is 10.1. The molecular weight excluding hydrogens is 352 g/mol. The van der Waals surface area contributed by atoms with Gasteiger partial charge in [0.1, 0.15) is 0 Å². The second-order valence-corrected chi connectivity index (χ2v) is 7.60. The normalized spacial score (nSPS) is 18.7. The third-order valence-electron chi connectivity index (χ3n) is 4.11. The lowest BCUT2D eigenvalue weighted by molar-refractivity contribution is 0.0526. The molecule has 8 heteroatoms. The summed E-state index contributed by atoms with van der Waals surface area (Å²) in [5.74, 6) is -0.504. The molecule has 6 nitrogen and oxygen atoms in total. The van der Waals surface area contributed by atoms with Gasteiger partial charge in [-0.2, -0.15) is 4.31 Å². The standard InChI is InChI=1S/C16H24N2O4S.ClH/c1-4-22-16(19)13-8-7-12(2)15(10-13)23(20,21)18-9-5-6-14(11-18)17-3;/h7-8,10,14,17H,4-6,9,11H2,1-3H3;1H. The van der Waals surface area contributed by atoms with Crippen LogP contribution < -0.4 is 5.32 Å². The van der Waals surface area contributed by atoms with E-state index < -0.39 is 16.0 Å². The number of rotatable bonds is 5. The fraction of sp³-hybridized carbons (Fsp3) is 0.562. The summed E-state index contributed by atoms with van der Waals surface area (Å²) in [5, 5.41) is 3.14. The number of benzene rings is 1. The van der Waals surface area contributed by atoms with E-state index in [9.17, 15) is 13.2 Å². The number of esters is 1. The zero-order chi connectivity index (χ0) is 17.0. The summed E-state index contributed by atoms with van der Waals surface area (Å²) in [6.45, 7) is 4.66. The molecule has 136 valence electrons. The third-order valence-corrected chi connectivity index (χ3v) is 6.12. The number of likely N-dealkylation sites (N-methyl/N-ethyl adjacent to an activating group) is 1. The van der Waals surface area contributed by atoms with Crippen LogP contribution in [0.4, 0.5) is 0 Å².